The van der Waals surface area contributed by atoms with Crippen molar-refractivity contribution in [2.45, 2.75) is 12.5 Å². The van der Waals surface area contributed by atoms with Gasteiger partial charge in [0.25, 0.3) is 5.56 Å². The van der Waals surface area contributed by atoms with Crippen LogP contribution in [0.5, 0.6) is 0 Å². The summed E-state index contributed by atoms with van der Waals surface area (Å²) in [6, 6.07) is 11.6. The molecule has 1 atom stereocenters. The number of benzene rings is 1. The standard InChI is InChI=1S/C21H16ClN3O3/c1-25-11-16-14-3-2-8-23-21(14)20(12-4-6-13(22)7-5-12)24-17(10-19(27)28)15(16)9-18(25)26/h2-9,11,17H,10H2,1H3,(H,27,28)/t17-/m0/s1. The molecule has 0 aliphatic carbocycles. The third-order valence-corrected chi connectivity index (χ3v) is 4.96. The smallest absolute Gasteiger partial charge is 0.305 e. The van der Waals surface area contributed by atoms with E-state index in [2.05, 4.69) is 4.98 Å². The zero-order chi connectivity index (χ0) is 19.8. The Kier molecular flexibility index (Phi) is 4.57. The Hall–Kier alpha value is -3.25. The Morgan fingerprint density at radius 1 is 1.21 bits per heavy atom. The van der Waals surface area contributed by atoms with E-state index in [4.69, 9.17) is 16.6 Å². The highest BCUT2D eigenvalue weighted by molar-refractivity contribution is 6.30. The van der Waals surface area contributed by atoms with Crippen LogP contribution in [0.2, 0.25) is 5.02 Å². The maximum Gasteiger partial charge on any atom is 0.305 e. The molecular formula is C21H16ClN3O3. The molecule has 6 nitrogen and oxygen atoms in total. The molecule has 0 amide bonds. The fraction of sp³-hybridized carbons (Fsp3) is 0.143. The van der Waals surface area contributed by atoms with Crippen molar-refractivity contribution in [2.75, 3.05) is 0 Å². The molecule has 1 aliphatic rings. The van der Waals surface area contributed by atoms with Gasteiger partial charge in [0.15, 0.2) is 0 Å². The number of hydrogen-bond donors (Lipinski definition) is 1. The Morgan fingerprint density at radius 3 is 2.68 bits per heavy atom. The van der Waals surface area contributed by atoms with Crippen molar-refractivity contribution in [2.24, 2.45) is 12.0 Å². The molecule has 1 aromatic carbocycles. The molecule has 28 heavy (non-hydrogen) atoms. The first kappa shape index (κ1) is 18.1. The van der Waals surface area contributed by atoms with Crippen LogP contribution in [0.4, 0.5) is 0 Å². The SMILES string of the molecule is Cn1cc2c(cc1=O)[C@H](CC(=O)O)N=C(c1ccc(Cl)cc1)c1ncccc1-2. The van der Waals surface area contributed by atoms with Gasteiger partial charge in [0.1, 0.15) is 0 Å². The number of aryl methyl sites for hydroxylation is 1. The Balaban J connectivity index is 2.04. The lowest BCUT2D eigenvalue weighted by atomic mass is 9.94. The van der Waals surface area contributed by atoms with Gasteiger partial charge >= 0.3 is 5.97 Å². The maximum absolute atomic E-state index is 12.3. The topological polar surface area (TPSA) is 84.5 Å². The minimum Gasteiger partial charge on any atom is -0.481 e. The van der Waals surface area contributed by atoms with Crippen LogP contribution >= 0.6 is 11.6 Å². The van der Waals surface area contributed by atoms with Crippen molar-refractivity contribution in [3.8, 4) is 11.1 Å². The maximum atomic E-state index is 12.3. The largest absolute Gasteiger partial charge is 0.481 e. The summed E-state index contributed by atoms with van der Waals surface area (Å²) < 4.78 is 1.47. The Bertz CT molecular complexity index is 1170. The number of fused-ring (bicyclic) bond motifs is 3. The number of carbonyl (C=O) groups is 1. The molecule has 1 aliphatic heterocycles. The number of halogens is 1. The molecule has 0 radical (unpaired) electrons. The zero-order valence-corrected chi connectivity index (χ0v) is 15.7. The first-order valence-corrected chi connectivity index (χ1v) is 9.03. The van der Waals surface area contributed by atoms with Crippen molar-refractivity contribution in [1.29, 1.82) is 0 Å². The molecule has 0 spiro atoms. The van der Waals surface area contributed by atoms with Crippen molar-refractivity contribution in [3.05, 3.63) is 87.1 Å². The number of carboxylic acid groups (broad SMARTS) is 1. The number of aliphatic carboxylic acids is 1. The van der Waals surface area contributed by atoms with Crippen molar-refractivity contribution >= 4 is 23.3 Å². The predicted molar refractivity (Wildman–Crippen MR) is 107 cm³/mol. The van der Waals surface area contributed by atoms with Gasteiger partial charge in [-0.3, -0.25) is 19.6 Å². The van der Waals surface area contributed by atoms with Gasteiger partial charge in [-0.25, -0.2) is 0 Å². The predicted octanol–water partition coefficient (Wildman–Crippen LogP) is 3.47. The minimum atomic E-state index is -0.991. The van der Waals surface area contributed by atoms with Gasteiger partial charge in [0.2, 0.25) is 0 Å². The van der Waals surface area contributed by atoms with Gasteiger partial charge in [0, 0.05) is 47.2 Å². The minimum absolute atomic E-state index is 0.218. The molecule has 140 valence electrons. The number of pyridine rings is 2. The Morgan fingerprint density at radius 2 is 1.96 bits per heavy atom. The first-order chi connectivity index (χ1) is 13.4. The fourth-order valence-electron chi connectivity index (χ4n) is 3.38. The average Bonchev–Trinajstić information content (AvgIpc) is 2.79. The lowest BCUT2D eigenvalue weighted by Crippen LogP contribution is -2.18. The van der Waals surface area contributed by atoms with Crippen LogP contribution in [0, 0.1) is 0 Å². The molecule has 3 aromatic rings. The molecule has 3 heterocycles. The highest BCUT2D eigenvalue weighted by Crippen LogP contribution is 2.37. The third-order valence-electron chi connectivity index (χ3n) is 4.71. The fourth-order valence-corrected chi connectivity index (χ4v) is 3.51. The van der Waals surface area contributed by atoms with Crippen LogP contribution in [0.1, 0.15) is 29.3 Å². The number of aromatic nitrogens is 2. The number of hydrogen-bond acceptors (Lipinski definition) is 4. The zero-order valence-electron chi connectivity index (χ0n) is 15.0. The van der Waals surface area contributed by atoms with E-state index in [-0.39, 0.29) is 12.0 Å². The summed E-state index contributed by atoms with van der Waals surface area (Å²) in [5.74, 6) is -0.991. The van der Waals surface area contributed by atoms with Crippen LogP contribution in [-0.2, 0) is 11.8 Å². The van der Waals surface area contributed by atoms with Gasteiger partial charge < -0.3 is 9.67 Å². The van der Waals surface area contributed by atoms with E-state index in [1.807, 2.05) is 24.3 Å². The van der Waals surface area contributed by atoms with E-state index in [1.54, 1.807) is 31.6 Å². The van der Waals surface area contributed by atoms with E-state index in [0.717, 1.165) is 16.7 Å². The molecule has 0 saturated carbocycles. The summed E-state index contributed by atoms with van der Waals surface area (Å²) in [4.78, 5) is 33.1. The number of aliphatic imine (C=N–C) groups is 1. The summed E-state index contributed by atoms with van der Waals surface area (Å²) >= 11 is 6.02. The molecule has 7 heteroatoms. The van der Waals surface area contributed by atoms with E-state index in [1.165, 1.54) is 10.6 Å². The third kappa shape index (κ3) is 3.23. The van der Waals surface area contributed by atoms with E-state index in [9.17, 15) is 14.7 Å². The highest BCUT2D eigenvalue weighted by atomic mass is 35.5. The molecule has 0 fully saturated rings. The van der Waals surface area contributed by atoms with Crippen molar-refractivity contribution in [1.82, 2.24) is 9.55 Å². The molecule has 4 rings (SSSR count). The van der Waals surface area contributed by atoms with Gasteiger partial charge in [0.05, 0.1) is 23.9 Å². The van der Waals surface area contributed by atoms with Crippen LogP contribution in [0.3, 0.4) is 0 Å². The van der Waals surface area contributed by atoms with Gasteiger partial charge in [-0.2, -0.15) is 0 Å². The van der Waals surface area contributed by atoms with Crippen molar-refractivity contribution in [3.63, 3.8) is 0 Å². The monoisotopic (exact) mass is 393 g/mol. The van der Waals surface area contributed by atoms with E-state index >= 15 is 0 Å². The van der Waals surface area contributed by atoms with Crippen LogP contribution in [-0.4, -0.2) is 26.3 Å². The lowest BCUT2D eigenvalue weighted by molar-refractivity contribution is -0.137. The second-order valence-electron chi connectivity index (χ2n) is 6.59. The molecule has 0 unspecified atom stereocenters. The molecule has 1 N–H and O–H groups in total. The quantitative estimate of drug-likeness (QED) is 0.738. The molecule has 2 aromatic heterocycles. The van der Waals surface area contributed by atoms with Crippen LogP contribution < -0.4 is 5.56 Å². The number of carboxylic acids is 1. The average molecular weight is 394 g/mol. The summed E-state index contributed by atoms with van der Waals surface area (Å²) in [6.07, 6.45) is 3.15. The van der Waals surface area contributed by atoms with Crippen LogP contribution in [0.25, 0.3) is 11.1 Å². The second kappa shape index (κ2) is 7.05. The summed E-state index contributed by atoms with van der Waals surface area (Å²) in [5.41, 5.74) is 3.91. The summed E-state index contributed by atoms with van der Waals surface area (Å²) in [7, 11) is 1.66. The van der Waals surface area contributed by atoms with Gasteiger partial charge in [-0.15, -0.1) is 0 Å². The van der Waals surface area contributed by atoms with Crippen LogP contribution in [0.15, 0.2) is 64.6 Å². The number of nitrogens with zero attached hydrogens (tertiary/aromatic N) is 3. The van der Waals surface area contributed by atoms with E-state index in [0.29, 0.717) is 22.0 Å². The normalized spacial score (nSPS) is 15.2. The molecule has 0 bridgehead atoms. The van der Waals surface area contributed by atoms with Gasteiger partial charge in [-0.05, 0) is 23.8 Å². The summed E-state index contributed by atoms with van der Waals surface area (Å²) in [5, 5.41) is 10.0. The lowest BCUT2D eigenvalue weighted by Gasteiger charge is -2.14. The Labute approximate surface area is 165 Å². The second-order valence-corrected chi connectivity index (χ2v) is 7.03. The number of rotatable bonds is 3. The highest BCUT2D eigenvalue weighted by Gasteiger charge is 2.28. The first-order valence-electron chi connectivity index (χ1n) is 8.66. The van der Waals surface area contributed by atoms with E-state index < -0.39 is 12.0 Å². The molecule has 0 saturated heterocycles. The van der Waals surface area contributed by atoms with Gasteiger partial charge in [-0.1, -0.05) is 29.8 Å². The summed E-state index contributed by atoms with van der Waals surface area (Å²) in [6.45, 7) is 0. The molecular weight excluding hydrogens is 378 g/mol. The van der Waals surface area contributed by atoms with Crippen molar-refractivity contribution < 1.29 is 9.90 Å².